The van der Waals surface area contributed by atoms with Crippen LogP contribution in [0.3, 0.4) is 0 Å². The first kappa shape index (κ1) is 17.9. The van der Waals surface area contributed by atoms with Crippen LogP contribution in [-0.4, -0.2) is 36.4 Å². The molecule has 2 heterocycles. The minimum Gasteiger partial charge on any atom is -0.493 e. The number of rotatable bonds is 7. The number of para-hydroxylation sites is 1. The number of benzene rings is 2. The van der Waals surface area contributed by atoms with Gasteiger partial charge in [0.2, 0.25) is 5.91 Å². The molecular formula is C21H21N3O4. The number of nitrogens with one attached hydrogen (secondary N) is 2. The molecule has 0 radical (unpaired) electrons. The molecule has 1 unspecified atom stereocenters. The summed E-state index contributed by atoms with van der Waals surface area (Å²) < 4.78 is 17.0. The van der Waals surface area contributed by atoms with Crippen molar-refractivity contribution in [2.45, 2.75) is 12.3 Å². The number of methoxy groups -OCH3 is 1. The monoisotopic (exact) mass is 379 g/mol. The molecular weight excluding hydrogens is 358 g/mol. The van der Waals surface area contributed by atoms with Gasteiger partial charge in [-0.25, -0.2) is 0 Å². The zero-order chi connectivity index (χ0) is 19.3. The molecule has 28 heavy (non-hydrogen) atoms. The Balaban J connectivity index is 1.44. The van der Waals surface area contributed by atoms with Gasteiger partial charge in [-0.3, -0.25) is 9.89 Å². The molecule has 1 atom stereocenters. The molecule has 7 nitrogen and oxygen atoms in total. The van der Waals surface area contributed by atoms with Crippen molar-refractivity contribution in [3.63, 3.8) is 0 Å². The van der Waals surface area contributed by atoms with Gasteiger partial charge in [-0.15, -0.1) is 0 Å². The van der Waals surface area contributed by atoms with Crippen LogP contribution in [0.25, 0.3) is 0 Å². The Labute approximate surface area is 162 Å². The Kier molecular flexibility index (Phi) is 5.14. The van der Waals surface area contributed by atoms with E-state index < -0.39 is 0 Å². The lowest BCUT2D eigenvalue weighted by atomic mass is 9.87. The number of fused-ring (bicyclic) bond motifs is 1. The van der Waals surface area contributed by atoms with Crippen LogP contribution >= 0.6 is 0 Å². The Morgan fingerprint density at radius 2 is 1.89 bits per heavy atom. The molecule has 144 valence electrons. The van der Waals surface area contributed by atoms with E-state index in [1.54, 1.807) is 13.3 Å². The number of amides is 1. The Morgan fingerprint density at radius 1 is 1.07 bits per heavy atom. The van der Waals surface area contributed by atoms with Gasteiger partial charge in [-0.1, -0.05) is 24.3 Å². The fraction of sp³-hybridized carbons (Fsp3) is 0.238. The molecule has 0 fully saturated rings. The predicted octanol–water partition coefficient (Wildman–Crippen LogP) is 3.35. The smallest absolute Gasteiger partial charge is 0.226 e. The summed E-state index contributed by atoms with van der Waals surface area (Å²) in [7, 11) is 1.60. The van der Waals surface area contributed by atoms with Gasteiger partial charge >= 0.3 is 0 Å². The third kappa shape index (κ3) is 3.78. The molecule has 4 rings (SSSR count). The highest BCUT2D eigenvalue weighted by molar-refractivity contribution is 5.94. The normalized spacial score (nSPS) is 15.5. The van der Waals surface area contributed by atoms with E-state index in [1.165, 1.54) is 0 Å². The fourth-order valence-electron chi connectivity index (χ4n) is 3.29. The van der Waals surface area contributed by atoms with E-state index in [1.807, 2.05) is 48.5 Å². The van der Waals surface area contributed by atoms with Crippen molar-refractivity contribution in [3.05, 3.63) is 65.9 Å². The maximum atomic E-state index is 12.0. The van der Waals surface area contributed by atoms with Crippen molar-refractivity contribution in [2.24, 2.45) is 0 Å². The number of carbonyl (C=O) groups is 1. The standard InChI is InChI=1S/C21H21N3O4/c1-26-19-11-14(16-12-20(25)23-21-17(16)13-22-24-21)7-8-18(19)28-10-9-27-15-5-3-2-4-6-15/h2-8,11,13,16H,9-10,12H2,1H3,(H2,22,23,24,25). The van der Waals surface area contributed by atoms with Gasteiger partial charge < -0.3 is 19.5 Å². The van der Waals surface area contributed by atoms with Crippen molar-refractivity contribution in [3.8, 4) is 17.2 Å². The number of aromatic nitrogens is 2. The number of anilines is 1. The van der Waals surface area contributed by atoms with E-state index in [-0.39, 0.29) is 11.8 Å². The maximum Gasteiger partial charge on any atom is 0.226 e. The number of carbonyl (C=O) groups excluding carboxylic acids is 1. The average Bonchev–Trinajstić information content (AvgIpc) is 3.19. The fourth-order valence-corrected chi connectivity index (χ4v) is 3.29. The van der Waals surface area contributed by atoms with Gasteiger partial charge in [0, 0.05) is 17.9 Å². The molecule has 1 aromatic heterocycles. The molecule has 1 amide bonds. The van der Waals surface area contributed by atoms with Crippen molar-refractivity contribution >= 4 is 11.7 Å². The van der Waals surface area contributed by atoms with Crippen LogP contribution in [0.1, 0.15) is 23.5 Å². The van der Waals surface area contributed by atoms with Gasteiger partial charge in [0.1, 0.15) is 24.8 Å². The SMILES string of the molecule is COc1cc(C2CC(=O)Nc3[nH]ncc32)ccc1OCCOc1ccccc1. The predicted molar refractivity (Wildman–Crippen MR) is 104 cm³/mol. The van der Waals surface area contributed by atoms with Gasteiger partial charge in [-0.05, 0) is 29.8 Å². The molecule has 0 saturated heterocycles. The lowest BCUT2D eigenvalue weighted by molar-refractivity contribution is -0.116. The van der Waals surface area contributed by atoms with E-state index >= 15 is 0 Å². The number of H-pyrrole nitrogens is 1. The van der Waals surface area contributed by atoms with Crippen molar-refractivity contribution in [2.75, 3.05) is 25.6 Å². The number of hydrogen-bond donors (Lipinski definition) is 2. The molecule has 1 aliphatic rings. The third-order valence-corrected chi connectivity index (χ3v) is 4.64. The second-order valence-corrected chi connectivity index (χ2v) is 6.43. The zero-order valence-electron chi connectivity index (χ0n) is 15.5. The van der Waals surface area contributed by atoms with Crippen LogP contribution in [-0.2, 0) is 4.79 Å². The second kappa shape index (κ2) is 8.04. The van der Waals surface area contributed by atoms with Gasteiger partial charge in [-0.2, -0.15) is 5.10 Å². The number of hydrogen-bond acceptors (Lipinski definition) is 5. The second-order valence-electron chi connectivity index (χ2n) is 6.43. The summed E-state index contributed by atoms with van der Waals surface area (Å²) in [6.07, 6.45) is 2.11. The lowest BCUT2D eigenvalue weighted by Crippen LogP contribution is -2.23. The molecule has 1 aliphatic heterocycles. The number of aromatic amines is 1. The summed E-state index contributed by atoms with van der Waals surface area (Å²) in [5.41, 5.74) is 1.94. The topological polar surface area (TPSA) is 85.5 Å². The summed E-state index contributed by atoms with van der Waals surface area (Å²) in [5, 5.41) is 9.66. The first-order valence-electron chi connectivity index (χ1n) is 9.06. The average molecular weight is 379 g/mol. The molecule has 0 bridgehead atoms. The molecule has 3 aromatic rings. The first-order chi connectivity index (χ1) is 13.7. The lowest BCUT2D eigenvalue weighted by Gasteiger charge is -2.23. The number of nitrogens with zero attached hydrogens (tertiary/aromatic N) is 1. The highest BCUT2D eigenvalue weighted by Crippen LogP contribution is 2.39. The molecule has 0 spiro atoms. The highest BCUT2D eigenvalue weighted by atomic mass is 16.5. The quantitative estimate of drug-likeness (QED) is 0.615. The van der Waals surface area contributed by atoms with Gasteiger partial charge in [0.15, 0.2) is 11.5 Å². The first-order valence-corrected chi connectivity index (χ1v) is 9.06. The van der Waals surface area contributed by atoms with Gasteiger partial charge in [0.05, 0.1) is 13.3 Å². The molecule has 2 N–H and O–H groups in total. The summed E-state index contributed by atoms with van der Waals surface area (Å²) in [6, 6.07) is 15.3. The summed E-state index contributed by atoms with van der Waals surface area (Å²) in [5.74, 6) is 2.59. The van der Waals surface area contributed by atoms with Crippen LogP contribution in [0.15, 0.2) is 54.7 Å². The van der Waals surface area contributed by atoms with Gasteiger partial charge in [0.25, 0.3) is 0 Å². The van der Waals surface area contributed by atoms with Crippen LogP contribution in [0.5, 0.6) is 17.2 Å². The minimum atomic E-state index is -0.0770. The van der Waals surface area contributed by atoms with E-state index in [4.69, 9.17) is 14.2 Å². The Hall–Kier alpha value is -3.48. The summed E-state index contributed by atoms with van der Waals surface area (Å²) in [4.78, 5) is 12.0. The third-order valence-electron chi connectivity index (χ3n) is 4.64. The van der Waals surface area contributed by atoms with E-state index in [9.17, 15) is 4.79 Å². The Morgan fingerprint density at radius 3 is 2.71 bits per heavy atom. The van der Waals surface area contributed by atoms with E-state index in [0.717, 1.165) is 16.9 Å². The Bertz CT molecular complexity index is 955. The summed E-state index contributed by atoms with van der Waals surface area (Å²) >= 11 is 0. The van der Waals surface area contributed by atoms with Crippen molar-refractivity contribution in [1.29, 1.82) is 0 Å². The zero-order valence-corrected chi connectivity index (χ0v) is 15.5. The highest BCUT2D eigenvalue weighted by Gasteiger charge is 2.28. The molecule has 0 saturated carbocycles. The number of ether oxygens (including phenoxy) is 3. The maximum absolute atomic E-state index is 12.0. The minimum absolute atomic E-state index is 0.0425. The van der Waals surface area contributed by atoms with Crippen molar-refractivity contribution in [1.82, 2.24) is 10.2 Å². The van der Waals surface area contributed by atoms with Crippen LogP contribution in [0, 0.1) is 0 Å². The molecule has 0 aliphatic carbocycles. The van der Waals surface area contributed by atoms with Crippen molar-refractivity contribution < 1.29 is 19.0 Å². The van der Waals surface area contributed by atoms with Crippen LogP contribution < -0.4 is 19.5 Å². The summed E-state index contributed by atoms with van der Waals surface area (Å²) in [6.45, 7) is 0.818. The molecule has 2 aromatic carbocycles. The molecule has 7 heteroatoms. The van der Waals surface area contributed by atoms with E-state index in [0.29, 0.717) is 37.0 Å². The van der Waals surface area contributed by atoms with Crippen LogP contribution in [0.2, 0.25) is 0 Å². The largest absolute Gasteiger partial charge is 0.493 e. The van der Waals surface area contributed by atoms with Crippen LogP contribution in [0.4, 0.5) is 5.82 Å². The van der Waals surface area contributed by atoms with E-state index in [2.05, 4.69) is 15.5 Å².